The summed E-state index contributed by atoms with van der Waals surface area (Å²) < 4.78 is 4.64. The van der Waals surface area contributed by atoms with Gasteiger partial charge in [-0.15, -0.1) is 11.3 Å². The maximum atomic E-state index is 11.8. The van der Waals surface area contributed by atoms with Crippen molar-refractivity contribution in [2.24, 2.45) is 0 Å². The van der Waals surface area contributed by atoms with Crippen molar-refractivity contribution >= 4 is 34.8 Å². The van der Waals surface area contributed by atoms with Crippen molar-refractivity contribution in [2.75, 3.05) is 17.7 Å². The van der Waals surface area contributed by atoms with E-state index in [1.54, 1.807) is 23.6 Å². The molecular formula is C13H13N3O3S. The van der Waals surface area contributed by atoms with Gasteiger partial charge in [0.05, 0.1) is 12.8 Å². The first kappa shape index (κ1) is 14.0. The molecule has 0 aliphatic heterocycles. The summed E-state index contributed by atoms with van der Waals surface area (Å²) in [6.45, 7) is 1.83. The maximum absolute atomic E-state index is 11.8. The van der Waals surface area contributed by atoms with E-state index in [1.807, 2.05) is 13.0 Å². The fourth-order valence-electron chi connectivity index (χ4n) is 1.54. The van der Waals surface area contributed by atoms with E-state index in [0.29, 0.717) is 16.4 Å². The number of hydrogen-bond acceptors (Lipinski definition) is 5. The Morgan fingerprint density at radius 2 is 2.05 bits per heavy atom. The van der Waals surface area contributed by atoms with Gasteiger partial charge >= 0.3 is 12.0 Å². The number of urea groups is 1. The third kappa shape index (κ3) is 3.33. The molecule has 20 heavy (non-hydrogen) atoms. The van der Waals surface area contributed by atoms with Crippen LogP contribution in [-0.4, -0.2) is 24.1 Å². The smallest absolute Gasteiger partial charge is 0.350 e. The predicted octanol–water partition coefficient (Wildman–Crippen LogP) is 2.88. The molecule has 7 heteroatoms. The normalized spacial score (nSPS) is 9.90. The SMILES string of the molecule is COC(=O)c1sccc1NC(=O)Nc1cccc(C)n1. The Bertz CT molecular complexity index is 639. The maximum Gasteiger partial charge on any atom is 0.350 e. The number of nitrogens with zero attached hydrogens (tertiary/aromatic N) is 1. The lowest BCUT2D eigenvalue weighted by Gasteiger charge is -2.07. The van der Waals surface area contributed by atoms with Gasteiger partial charge in [-0.1, -0.05) is 6.07 Å². The Hall–Kier alpha value is -2.41. The van der Waals surface area contributed by atoms with E-state index in [2.05, 4.69) is 20.4 Å². The number of carbonyl (C=O) groups is 2. The van der Waals surface area contributed by atoms with Gasteiger partial charge in [0.25, 0.3) is 0 Å². The number of aryl methyl sites for hydroxylation is 1. The number of carbonyl (C=O) groups excluding carboxylic acids is 2. The molecule has 0 fully saturated rings. The molecule has 2 amide bonds. The number of nitrogens with one attached hydrogen (secondary N) is 2. The standard InChI is InChI=1S/C13H13N3O3S/c1-8-4-3-5-10(14-8)16-13(18)15-9-6-7-20-11(9)12(17)19-2/h3-7H,1-2H3,(H2,14,15,16,18). The molecular weight excluding hydrogens is 278 g/mol. The number of rotatable bonds is 3. The molecule has 0 aliphatic rings. The minimum atomic E-state index is -0.482. The Morgan fingerprint density at radius 1 is 1.25 bits per heavy atom. The van der Waals surface area contributed by atoms with Gasteiger partial charge in [-0.25, -0.2) is 14.6 Å². The van der Waals surface area contributed by atoms with Crippen molar-refractivity contribution in [2.45, 2.75) is 6.92 Å². The number of aromatic nitrogens is 1. The number of methoxy groups -OCH3 is 1. The van der Waals surface area contributed by atoms with Crippen LogP contribution in [0.1, 0.15) is 15.4 Å². The van der Waals surface area contributed by atoms with Crippen LogP contribution in [0, 0.1) is 6.92 Å². The van der Waals surface area contributed by atoms with E-state index in [0.717, 1.165) is 5.69 Å². The van der Waals surface area contributed by atoms with E-state index >= 15 is 0 Å². The molecule has 2 aromatic rings. The van der Waals surface area contributed by atoms with Crippen LogP contribution < -0.4 is 10.6 Å². The largest absolute Gasteiger partial charge is 0.465 e. The number of amides is 2. The molecule has 104 valence electrons. The summed E-state index contributed by atoms with van der Waals surface area (Å²) in [6.07, 6.45) is 0. The molecule has 2 heterocycles. The number of pyridine rings is 1. The highest BCUT2D eigenvalue weighted by Gasteiger charge is 2.15. The first-order valence-corrected chi connectivity index (χ1v) is 6.65. The van der Waals surface area contributed by atoms with Crippen molar-refractivity contribution in [1.82, 2.24) is 4.98 Å². The monoisotopic (exact) mass is 291 g/mol. The van der Waals surface area contributed by atoms with E-state index < -0.39 is 12.0 Å². The molecule has 0 bridgehead atoms. The average Bonchev–Trinajstić information content (AvgIpc) is 2.85. The summed E-state index contributed by atoms with van der Waals surface area (Å²) in [5.41, 5.74) is 1.21. The van der Waals surface area contributed by atoms with Gasteiger partial charge in [-0.3, -0.25) is 5.32 Å². The molecule has 2 aromatic heterocycles. The first-order chi connectivity index (χ1) is 9.60. The van der Waals surface area contributed by atoms with Gasteiger partial charge in [0.15, 0.2) is 0 Å². The van der Waals surface area contributed by atoms with E-state index in [9.17, 15) is 9.59 Å². The molecule has 0 aliphatic carbocycles. The third-order valence-electron chi connectivity index (χ3n) is 2.41. The summed E-state index contributed by atoms with van der Waals surface area (Å²) in [4.78, 5) is 27.8. The molecule has 0 aromatic carbocycles. The number of thiophene rings is 1. The lowest BCUT2D eigenvalue weighted by Crippen LogP contribution is -2.21. The lowest BCUT2D eigenvalue weighted by atomic mass is 10.3. The van der Waals surface area contributed by atoms with Crippen LogP contribution in [0.25, 0.3) is 0 Å². The molecule has 2 N–H and O–H groups in total. The quantitative estimate of drug-likeness (QED) is 0.852. The lowest BCUT2D eigenvalue weighted by molar-refractivity contribution is 0.0607. The minimum absolute atomic E-state index is 0.347. The van der Waals surface area contributed by atoms with Crippen LogP contribution in [-0.2, 0) is 4.74 Å². The zero-order valence-electron chi connectivity index (χ0n) is 11.0. The fraction of sp³-hybridized carbons (Fsp3) is 0.154. The van der Waals surface area contributed by atoms with Crippen LogP contribution in [0.15, 0.2) is 29.6 Å². The number of anilines is 2. The van der Waals surface area contributed by atoms with Crippen LogP contribution in [0.3, 0.4) is 0 Å². The second kappa shape index (κ2) is 6.16. The molecule has 0 radical (unpaired) electrons. The van der Waals surface area contributed by atoms with Crippen molar-refractivity contribution < 1.29 is 14.3 Å². The number of esters is 1. The van der Waals surface area contributed by atoms with Gasteiger partial charge in [0.2, 0.25) is 0 Å². The third-order valence-corrected chi connectivity index (χ3v) is 3.31. The van der Waals surface area contributed by atoms with Gasteiger partial charge in [-0.2, -0.15) is 0 Å². The van der Waals surface area contributed by atoms with Crippen LogP contribution in [0.2, 0.25) is 0 Å². The van der Waals surface area contributed by atoms with Gasteiger partial charge in [-0.05, 0) is 30.5 Å². The van der Waals surface area contributed by atoms with E-state index in [4.69, 9.17) is 0 Å². The van der Waals surface area contributed by atoms with Crippen molar-refractivity contribution in [3.05, 3.63) is 40.2 Å². The molecule has 0 saturated heterocycles. The van der Waals surface area contributed by atoms with Crippen molar-refractivity contribution in [1.29, 1.82) is 0 Å². The Morgan fingerprint density at radius 3 is 2.75 bits per heavy atom. The van der Waals surface area contributed by atoms with Crippen LogP contribution in [0.5, 0.6) is 0 Å². The minimum Gasteiger partial charge on any atom is -0.465 e. The van der Waals surface area contributed by atoms with E-state index in [-0.39, 0.29) is 0 Å². The summed E-state index contributed by atoms with van der Waals surface area (Å²) in [5.74, 6) is -0.0404. The van der Waals surface area contributed by atoms with Crippen molar-refractivity contribution in [3.63, 3.8) is 0 Å². The molecule has 6 nitrogen and oxygen atoms in total. The Kier molecular flexibility index (Phi) is 4.31. The average molecular weight is 291 g/mol. The van der Waals surface area contributed by atoms with Gasteiger partial charge in [0, 0.05) is 5.69 Å². The topological polar surface area (TPSA) is 80.3 Å². The van der Waals surface area contributed by atoms with E-state index in [1.165, 1.54) is 18.4 Å². The second-order valence-corrected chi connectivity index (χ2v) is 4.81. The zero-order valence-corrected chi connectivity index (χ0v) is 11.8. The highest BCUT2D eigenvalue weighted by Crippen LogP contribution is 2.23. The summed E-state index contributed by atoms with van der Waals surface area (Å²) in [6, 6.07) is 6.48. The molecule has 0 saturated carbocycles. The molecule has 0 atom stereocenters. The molecule has 0 spiro atoms. The Labute approximate surface area is 119 Å². The van der Waals surface area contributed by atoms with Crippen LogP contribution in [0.4, 0.5) is 16.3 Å². The number of hydrogen-bond donors (Lipinski definition) is 2. The van der Waals surface area contributed by atoms with Gasteiger partial charge in [0.1, 0.15) is 10.7 Å². The summed E-state index contributed by atoms with van der Waals surface area (Å²) >= 11 is 1.20. The second-order valence-electron chi connectivity index (χ2n) is 3.90. The van der Waals surface area contributed by atoms with Crippen molar-refractivity contribution in [3.8, 4) is 0 Å². The zero-order chi connectivity index (χ0) is 14.5. The summed E-state index contributed by atoms with van der Waals surface area (Å²) in [5, 5.41) is 6.89. The molecule has 0 unspecified atom stereocenters. The first-order valence-electron chi connectivity index (χ1n) is 5.77. The fourth-order valence-corrected chi connectivity index (χ4v) is 2.31. The summed E-state index contributed by atoms with van der Waals surface area (Å²) in [7, 11) is 1.29. The van der Waals surface area contributed by atoms with Crippen LogP contribution >= 0.6 is 11.3 Å². The molecule has 2 rings (SSSR count). The highest BCUT2D eigenvalue weighted by molar-refractivity contribution is 7.12. The number of ether oxygens (including phenoxy) is 1. The predicted molar refractivity (Wildman–Crippen MR) is 77.3 cm³/mol. The van der Waals surface area contributed by atoms with Gasteiger partial charge < -0.3 is 10.1 Å². The Balaban J connectivity index is 2.05. The highest BCUT2D eigenvalue weighted by atomic mass is 32.1.